The number of aromatic nitrogens is 2. The number of rotatable bonds is 8. The largest absolute Gasteiger partial charge is 0.481 e. The first-order valence-electron chi connectivity index (χ1n) is 10.7. The summed E-state index contributed by atoms with van der Waals surface area (Å²) in [6, 6.07) is 3.85. The van der Waals surface area contributed by atoms with Crippen LogP contribution in [0.2, 0.25) is 0 Å². The molecule has 174 valence electrons. The van der Waals surface area contributed by atoms with E-state index in [1.807, 2.05) is 0 Å². The number of allylic oxidation sites excluding steroid dienone is 1. The maximum Gasteiger partial charge on any atom is 0.258 e. The molecular weight excluding hydrogens is 429 g/mol. The summed E-state index contributed by atoms with van der Waals surface area (Å²) in [7, 11) is 1.34. The molecule has 1 aliphatic rings. The molecule has 1 saturated heterocycles. The van der Waals surface area contributed by atoms with Gasteiger partial charge in [0.2, 0.25) is 11.8 Å². The van der Waals surface area contributed by atoms with Crippen LogP contribution in [0.3, 0.4) is 0 Å². The maximum atomic E-state index is 13.3. The lowest BCUT2D eigenvalue weighted by Crippen LogP contribution is -2.41. The normalized spacial score (nSPS) is 14.5. The average molecular weight is 455 g/mol. The lowest BCUT2D eigenvalue weighted by atomic mass is 9.90. The van der Waals surface area contributed by atoms with Crippen LogP contribution in [0.5, 0.6) is 0 Å². The number of hydrogen-bond donors (Lipinski definition) is 3. The first-order valence-corrected chi connectivity index (χ1v) is 10.7. The van der Waals surface area contributed by atoms with Gasteiger partial charge in [0.05, 0.1) is 23.7 Å². The third kappa shape index (κ3) is 6.18. The van der Waals surface area contributed by atoms with E-state index in [0.717, 1.165) is 6.07 Å². The molecule has 0 aliphatic carbocycles. The van der Waals surface area contributed by atoms with Crippen molar-refractivity contribution >= 4 is 34.2 Å². The lowest BCUT2D eigenvalue weighted by molar-refractivity contribution is -0.134. The van der Waals surface area contributed by atoms with Crippen molar-refractivity contribution in [3.05, 3.63) is 52.3 Å². The van der Waals surface area contributed by atoms with Crippen molar-refractivity contribution in [3.63, 3.8) is 0 Å². The molecule has 2 heterocycles. The number of nitrogens with one attached hydrogen (secondary N) is 3. The van der Waals surface area contributed by atoms with Crippen LogP contribution in [0.15, 0.2) is 35.1 Å². The number of methoxy groups -OCH3 is 1. The number of carbonyl (C=O) groups is 2. The molecule has 0 unspecified atom stereocenters. The minimum Gasteiger partial charge on any atom is -0.481 e. The molecule has 1 fully saturated rings. The minimum absolute atomic E-state index is 0.0328. The van der Waals surface area contributed by atoms with E-state index in [1.54, 1.807) is 4.90 Å². The number of carbonyl (C=O) groups excluding carboxylic acids is 2. The highest BCUT2D eigenvalue weighted by Gasteiger charge is 2.28. The van der Waals surface area contributed by atoms with E-state index in [1.165, 1.54) is 31.4 Å². The number of fused-ring (bicyclic) bond motifs is 1. The van der Waals surface area contributed by atoms with E-state index in [4.69, 9.17) is 10.8 Å². The van der Waals surface area contributed by atoms with E-state index in [-0.39, 0.29) is 41.0 Å². The second-order valence-electron chi connectivity index (χ2n) is 7.86. The highest BCUT2D eigenvalue weighted by atomic mass is 19.1. The van der Waals surface area contributed by atoms with Crippen LogP contribution in [0.4, 0.5) is 4.39 Å². The predicted octanol–water partition coefficient (Wildman–Crippen LogP) is 2.39. The summed E-state index contributed by atoms with van der Waals surface area (Å²) in [5, 5.41) is 15.4. The summed E-state index contributed by atoms with van der Waals surface area (Å²) < 4.78 is 18.0. The van der Waals surface area contributed by atoms with Crippen molar-refractivity contribution < 1.29 is 18.7 Å². The van der Waals surface area contributed by atoms with Gasteiger partial charge in [0.15, 0.2) is 5.78 Å². The van der Waals surface area contributed by atoms with Gasteiger partial charge < -0.3 is 14.6 Å². The molecule has 33 heavy (non-hydrogen) atoms. The number of aromatic amines is 1. The quantitative estimate of drug-likeness (QED) is 0.414. The Morgan fingerprint density at radius 2 is 2.00 bits per heavy atom. The van der Waals surface area contributed by atoms with Crippen molar-refractivity contribution in [1.82, 2.24) is 14.9 Å². The molecule has 0 spiro atoms. The predicted molar refractivity (Wildman–Crippen MR) is 121 cm³/mol. The molecule has 1 aromatic carbocycles. The van der Waals surface area contributed by atoms with Gasteiger partial charge in [-0.1, -0.05) is 0 Å². The average Bonchev–Trinajstić information content (AvgIpc) is 2.82. The summed E-state index contributed by atoms with van der Waals surface area (Å²) in [5.74, 6) is -0.838. The first kappa shape index (κ1) is 24.0. The third-order valence-corrected chi connectivity index (χ3v) is 5.63. The number of halogens is 1. The molecule has 1 aliphatic heterocycles. The Bertz CT molecular complexity index is 1170. The van der Waals surface area contributed by atoms with Gasteiger partial charge in [-0.15, -0.1) is 0 Å². The molecule has 2 aromatic rings. The second kappa shape index (κ2) is 10.8. The fourth-order valence-electron chi connectivity index (χ4n) is 3.76. The van der Waals surface area contributed by atoms with Crippen molar-refractivity contribution in [1.29, 1.82) is 10.8 Å². The van der Waals surface area contributed by atoms with Gasteiger partial charge in [-0.2, -0.15) is 0 Å². The Kier molecular flexibility index (Phi) is 7.81. The van der Waals surface area contributed by atoms with E-state index >= 15 is 0 Å². The number of nitrogens with zero attached hydrogens (tertiary/aromatic N) is 2. The molecule has 0 saturated carbocycles. The van der Waals surface area contributed by atoms with E-state index in [0.29, 0.717) is 50.1 Å². The SMILES string of the molecule is COC(=N)/C=C\C(=N)C(=O)C1CCN(C(=O)CCCc2nc3ccc(F)cc3c(=O)[nH]2)CC1. The van der Waals surface area contributed by atoms with Crippen LogP contribution in [0, 0.1) is 22.6 Å². The molecular formula is C23H26FN5O4. The number of ketones is 1. The van der Waals surface area contributed by atoms with Crippen molar-refractivity contribution in [3.8, 4) is 0 Å². The lowest BCUT2D eigenvalue weighted by Gasteiger charge is -2.31. The van der Waals surface area contributed by atoms with E-state index in [2.05, 4.69) is 14.7 Å². The van der Waals surface area contributed by atoms with Crippen LogP contribution < -0.4 is 5.56 Å². The molecule has 0 bridgehead atoms. The van der Waals surface area contributed by atoms with E-state index in [9.17, 15) is 18.8 Å². The Labute approximate surface area is 189 Å². The van der Waals surface area contributed by atoms with Crippen molar-refractivity contribution in [2.45, 2.75) is 32.1 Å². The fourth-order valence-corrected chi connectivity index (χ4v) is 3.76. The molecule has 1 aromatic heterocycles. The number of ether oxygens (including phenoxy) is 1. The van der Waals surface area contributed by atoms with Crippen LogP contribution in [0.1, 0.15) is 31.5 Å². The first-order chi connectivity index (χ1) is 15.8. The van der Waals surface area contributed by atoms with Crippen molar-refractivity contribution in [2.75, 3.05) is 20.2 Å². The number of benzene rings is 1. The van der Waals surface area contributed by atoms with Gasteiger partial charge in [-0.25, -0.2) is 9.37 Å². The molecule has 0 radical (unpaired) electrons. The molecule has 3 rings (SSSR count). The van der Waals surface area contributed by atoms with Crippen molar-refractivity contribution in [2.24, 2.45) is 5.92 Å². The second-order valence-corrected chi connectivity index (χ2v) is 7.86. The highest BCUT2D eigenvalue weighted by Crippen LogP contribution is 2.20. The Balaban J connectivity index is 1.46. The summed E-state index contributed by atoms with van der Waals surface area (Å²) in [4.78, 5) is 45.7. The third-order valence-electron chi connectivity index (χ3n) is 5.63. The van der Waals surface area contributed by atoms with Crippen LogP contribution >= 0.6 is 0 Å². The van der Waals surface area contributed by atoms with Crippen LogP contribution in [0.25, 0.3) is 10.9 Å². The van der Waals surface area contributed by atoms with Gasteiger partial charge in [-0.3, -0.25) is 25.2 Å². The van der Waals surface area contributed by atoms with Gasteiger partial charge in [-0.05, 0) is 43.5 Å². The maximum absolute atomic E-state index is 13.3. The highest BCUT2D eigenvalue weighted by molar-refractivity contribution is 6.44. The summed E-state index contributed by atoms with van der Waals surface area (Å²) in [6.45, 7) is 0.882. The summed E-state index contributed by atoms with van der Waals surface area (Å²) in [6.07, 6.45) is 4.67. The number of aryl methyl sites for hydroxylation is 1. The van der Waals surface area contributed by atoms with Crippen LogP contribution in [-0.2, 0) is 20.7 Å². The molecule has 9 nitrogen and oxygen atoms in total. The van der Waals surface area contributed by atoms with Gasteiger partial charge in [0.25, 0.3) is 5.56 Å². The standard InChI is InChI=1S/C23H26FN5O4/c1-33-19(26)8-6-17(25)22(31)14-9-11-29(12-10-14)21(30)4-2-3-20-27-18-7-5-15(24)13-16(18)23(32)28-20/h5-8,13-14,25-26H,2-4,9-12H2,1H3,(H,27,28,32)/b8-6-,25-17?,26-19?. The number of hydrogen-bond acceptors (Lipinski definition) is 7. The topological polar surface area (TPSA) is 140 Å². The Hall–Kier alpha value is -3.69. The summed E-state index contributed by atoms with van der Waals surface area (Å²) >= 11 is 0. The van der Waals surface area contributed by atoms with E-state index < -0.39 is 11.4 Å². The zero-order valence-corrected chi connectivity index (χ0v) is 18.3. The number of H-pyrrole nitrogens is 1. The molecule has 3 N–H and O–H groups in total. The number of piperidine rings is 1. The number of Topliss-reactive ketones (excluding diaryl/α,β-unsaturated/α-hetero) is 1. The Morgan fingerprint density at radius 1 is 1.27 bits per heavy atom. The molecule has 10 heteroatoms. The van der Waals surface area contributed by atoms with Crippen LogP contribution in [-0.4, -0.2) is 58.4 Å². The summed E-state index contributed by atoms with van der Waals surface area (Å²) in [5.41, 5.74) is -0.180. The number of likely N-dealkylation sites (tertiary alicyclic amines) is 1. The van der Waals surface area contributed by atoms with Gasteiger partial charge in [0, 0.05) is 37.9 Å². The van der Waals surface area contributed by atoms with Gasteiger partial charge >= 0.3 is 0 Å². The zero-order chi connectivity index (χ0) is 24.0. The van der Waals surface area contributed by atoms with Gasteiger partial charge in [0.1, 0.15) is 11.6 Å². The minimum atomic E-state index is -0.501. The smallest absolute Gasteiger partial charge is 0.258 e. The fraction of sp³-hybridized carbons (Fsp3) is 0.391. The number of amides is 1. The molecule has 0 atom stereocenters. The monoisotopic (exact) mass is 455 g/mol. The zero-order valence-electron chi connectivity index (χ0n) is 18.3. The molecule has 1 amide bonds. The Morgan fingerprint density at radius 3 is 2.70 bits per heavy atom.